The maximum atomic E-state index is 12.8. The molecule has 0 aromatic carbocycles. The van der Waals surface area contributed by atoms with Crippen LogP contribution in [0.4, 0.5) is 4.79 Å². The topological polar surface area (TPSA) is 64.1 Å². The normalized spacial score (nSPS) is 34.3. The highest BCUT2D eigenvalue weighted by atomic mass is 16.4. The smallest absolute Gasteiger partial charge is 0.329 e. The summed E-state index contributed by atoms with van der Waals surface area (Å²) in [6.45, 7) is 7.93. The fourth-order valence-electron chi connectivity index (χ4n) is 3.63. The van der Waals surface area contributed by atoms with Crippen molar-refractivity contribution in [3.05, 3.63) is 0 Å². The molecule has 0 spiro atoms. The summed E-state index contributed by atoms with van der Waals surface area (Å²) in [5.74, 6) is -0.869. The molecule has 3 unspecified atom stereocenters. The van der Waals surface area contributed by atoms with Crippen molar-refractivity contribution in [1.29, 1.82) is 0 Å². The number of carboxylic acid groups (broad SMARTS) is 1. The number of nitrogens with zero attached hydrogens (tertiary/aromatic N) is 3. The van der Waals surface area contributed by atoms with Crippen LogP contribution >= 0.6 is 0 Å². The lowest BCUT2D eigenvalue weighted by Gasteiger charge is -2.45. The van der Waals surface area contributed by atoms with Crippen molar-refractivity contribution in [1.82, 2.24) is 14.7 Å². The van der Waals surface area contributed by atoms with Crippen LogP contribution in [0.1, 0.15) is 40.0 Å². The van der Waals surface area contributed by atoms with Crippen LogP contribution in [0, 0.1) is 0 Å². The molecular formula is C15H27N3O3. The molecule has 2 saturated heterocycles. The first-order valence-corrected chi connectivity index (χ1v) is 7.85. The summed E-state index contributed by atoms with van der Waals surface area (Å²) in [7, 11) is 2.07. The maximum Gasteiger partial charge on any atom is 0.329 e. The van der Waals surface area contributed by atoms with Crippen LogP contribution in [0.5, 0.6) is 0 Å². The summed E-state index contributed by atoms with van der Waals surface area (Å²) in [5.41, 5.74) is -1.01. The Kier molecular flexibility index (Phi) is 4.46. The number of likely N-dealkylation sites (tertiary alicyclic amines) is 1. The summed E-state index contributed by atoms with van der Waals surface area (Å²) in [4.78, 5) is 30.2. The predicted octanol–water partition coefficient (Wildman–Crippen LogP) is 1.46. The van der Waals surface area contributed by atoms with Crippen molar-refractivity contribution >= 4 is 12.0 Å². The average molecular weight is 297 g/mol. The molecule has 2 heterocycles. The summed E-state index contributed by atoms with van der Waals surface area (Å²) in [5, 5.41) is 9.61. The van der Waals surface area contributed by atoms with Gasteiger partial charge in [-0.2, -0.15) is 0 Å². The van der Waals surface area contributed by atoms with Gasteiger partial charge in [0, 0.05) is 31.7 Å². The second kappa shape index (κ2) is 5.83. The first-order valence-electron chi connectivity index (χ1n) is 7.85. The van der Waals surface area contributed by atoms with Gasteiger partial charge in [-0.05, 0) is 40.2 Å². The van der Waals surface area contributed by atoms with Crippen molar-refractivity contribution in [3.63, 3.8) is 0 Å². The van der Waals surface area contributed by atoms with Crippen molar-refractivity contribution in [2.75, 3.05) is 26.7 Å². The second-order valence-electron chi connectivity index (χ2n) is 6.50. The van der Waals surface area contributed by atoms with E-state index in [-0.39, 0.29) is 6.03 Å². The minimum atomic E-state index is -1.01. The van der Waals surface area contributed by atoms with Gasteiger partial charge in [-0.15, -0.1) is 0 Å². The van der Waals surface area contributed by atoms with Gasteiger partial charge in [-0.3, -0.25) is 4.90 Å². The Bertz CT molecular complexity index is 416. The van der Waals surface area contributed by atoms with Crippen molar-refractivity contribution in [2.24, 2.45) is 0 Å². The Morgan fingerprint density at radius 3 is 2.29 bits per heavy atom. The van der Waals surface area contributed by atoms with E-state index in [4.69, 9.17) is 0 Å². The van der Waals surface area contributed by atoms with Gasteiger partial charge in [-0.1, -0.05) is 6.92 Å². The lowest BCUT2D eigenvalue weighted by molar-refractivity contribution is -0.148. The van der Waals surface area contributed by atoms with E-state index >= 15 is 0 Å². The molecule has 120 valence electrons. The molecule has 6 heteroatoms. The molecule has 1 N–H and O–H groups in total. The number of urea groups is 1. The monoisotopic (exact) mass is 297 g/mol. The van der Waals surface area contributed by atoms with E-state index in [1.54, 1.807) is 4.90 Å². The predicted molar refractivity (Wildman–Crippen MR) is 80.3 cm³/mol. The van der Waals surface area contributed by atoms with Crippen LogP contribution in [-0.2, 0) is 4.79 Å². The molecule has 0 aromatic heterocycles. The number of rotatable bonds is 2. The number of carbonyl (C=O) groups excluding carboxylic acids is 1. The van der Waals surface area contributed by atoms with Crippen LogP contribution in [0.2, 0.25) is 0 Å². The highest BCUT2D eigenvalue weighted by Gasteiger charge is 2.50. The van der Waals surface area contributed by atoms with Gasteiger partial charge >= 0.3 is 12.0 Å². The van der Waals surface area contributed by atoms with E-state index in [1.165, 1.54) is 0 Å². The highest BCUT2D eigenvalue weighted by Crippen LogP contribution is 2.34. The zero-order chi connectivity index (χ0) is 15.8. The number of amides is 2. The molecule has 2 aliphatic heterocycles. The molecule has 3 atom stereocenters. The second-order valence-corrected chi connectivity index (χ2v) is 6.50. The third-order valence-electron chi connectivity index (χ3n) is 5.33. The number of piperazine rings is 1. The molecule has 21 heavy (non-hydrogen) atoms. The quantitative estimate of drug-likeness (QED) is 0.838. The minimum Gasteiger partial charge on any atom is -0.479 e. The standard InChI is InChI=1S/C15H27N3O3/c1-5-15(13(19)20)7-6-8-18(15)14(21)17-9-11(2)16(4)12(3)10-17/h11-12H,5-10H2,1-4H3,(H,19,20). The molecule has 0 aliphatic carbocycles. The Labute approximate surface area is 126 Å². The van der Waals surface area contributed by atoms with E-state index in [1.807, 2.05) is 11.8 Å². The Balaban J connectivity index is 2.18. The van der Waals surface area contributed by atoms with E-state index in [0.29, 0.717) is 44.6 Å². The van der Waals surface area contributed by atoms with Gasteiger partial charge in [0.1, 0.15) is 5.54 Å². The number of carboxylic acids is 1. The first kappa shape index (κ1) is 16.1. The molecular weight excluding hydrogens is 270 g/mol. The van der Waals surface area contributed by atoms with Gasteiger partial charge in [0.05, 0.1) is 0 Å². The summed E-state index contributed by atoms with van der Waals surface area (Å²) in [6, 6.07) is 0.478. The van der Waals surface area contributed by atoms with Crippen molar-refractivity contribution < 1.29 is 14.7 Å². The van der Waals surface area contributed by atoms with E-state index < -0.39 is 11.5 Å². The average Bonchev–Trinajstić information content (AvgIpc) is 2.88. The molecule has 0 aromatic rings. The van der Waals surface area contributed by atoms with E-state index in [0.717, 1.165) is 6.42 Å². The highest BCUT2D eigenvalue weighted by molar-refractivity contribution is 5.87. The maximum absolute atomic E-state index is 12.8. The lowest BCUT2D eigenvalue weighted by atomic mass is 9.93. The van der Waals surface area contributed by atoms with Crippen LogP contribution < -0.4 is 0 Å². The SMILES string of the molecule is CCC1(C(=O)O)CCCN1C(=O)N1CC(C)N(C)C(C)C1. The van der Waals surface area contributed by atoms with Gasteiger partial charge in [0.2, 0.25) is 0 Å². The lowest BCUT2D eigenvalue weighted by Crippen LogP contribution is -2.62. The fraction of sp³-hybridized carbons (Fsp3) is 0.867. The van der Waals surface area contributed by atoms with Gasteiger partial charge in [0.25, 0.3) is 0 Å². The van der Waals surface area contributed by atoms with Crippen molar-refractivity contribution in [3.8, 4) is 0 Å². The molecule has 6 nitrogen and oxygen atoms in total. The summed E-state index contributed by atoms with van der Waals surface area (Å²) >= 11 is 0. The number of carbonyl (C=O) groups is 2. The molecule has 2 amide bonds. The molecule has 2 fully saturated rings. The first-order chi connectivity index (χ1) is 9.83. The molecule has 2 rings (SSSR count). The minimum absolute atomic E-state index is 0.108. The Hall–Kier alpha value is -1.30. The number of likely N-dealkylation sites (N-methyl/N-ethyl adjacent to an activating group) is 1. The third-order valence-corrected chi connectivity index (χ3v) is 5.33. The van der Waals surface area contributed by atoms with Gasteiger partial charge in [-0.25, -0.2) is 9.59 Å². The molecule has 0 bridgehead atoms. The van der Waals surface area contributed by atoms with Gasteiger partial charge in [0.15, 0.2) is 0 Å². The van der Waals surface area contributed by atoms with Crippen LogP contribution in [0.15, 0.2) is 0 Å². The Morgan fingerprint density at radius 1 is 1.24 bits per heavy atom. The zero-order valence-electron chi connectivity index (χ0n) is 13.5. The van der Waals surface area contributed by atoms with Gasteiger partial charge < -0.3 is 14.9 Å². The fourth-order valence-corrected chi connectivity index (χ4v) is 3.63. The number of hydrogen-bond donors (Lipinski definition) is 1. The summed E-state index contributed by atoms with van der Waals surface area (Å²) < 4.78 is 0. The summed E-state index contributed by atoms with van der Waals surface area (Å²) in [6.07, 6.45) is 1.79. The number of aliphatic carboxylic acids is 1. The molecule has 0 saturated carbocycles. The van der Waals surface area contributed by atoms with Crippen LogP contribution in [0.25, 0.3) is 0 Å². The largest absolute Gasteiger partial charge is 0.479 e. The molecule has 2 aliphatic rings. The van der Waals surface area contributed by atoms with Crippen molar-refractivity contribution in [2.45, 2.75) is 57.7 Å². The van der Waals surface area contributed by atoms with Crippen LogP contribution in [0.3, 0.4) is 0 Å². The van der Waals surface area contributed by atoms with E-state index in [9.17, 15) is 14.7 Å². The van der Waals surface area contributed by atoms with E-state index in [2.05, 4.69) is 25.8 Å². The third kappa shape index (κ3) is 2.61. The zero-order valence-corrected chi connectivity index (χ0v) is 13.5. The van der Waals surface area contributed by atoms with Crippen LogP contribution in [-0.4, -0.2) is 76.1 Å². The molecule has 0 radical (unpaired) electrons. The number of hydrogen-bond acceptors (Lipinski definition) is 3. The Morgan fingerprint density at radius 2 is 1.81 bits per heavy atom.